The van der Waals surface area contributed by atoms with E-state index in [1.165, 1.54) is 0 Å². The monoisotopic (exact) mass is 373 g/mol. The van der Waals surface area contributed by atoms with Gasteiger partial charge in [0.05, 0.1) is 0 Å². The van der Waals surface area contributed by atoms with Crippen LogP contribution in [0.2, 0.25) is 0 Å². The first kappa shape index (κ1) is 14.1. The summed E-state index contributed by atoms with van der Waals surface area (Å²) < 4.78 is 1.86. The SMILES string of the molecule is CC(C)CN(C(=O)c1cc(Br)cc(Br)c1)C1CC1. The largest absolute Gasteiger partial charge is 0.335 e. The third kappa shape index (κ3) is 3.58. The van der Waals surface area contributed by atoms with Crippen molar-refractivity contribution in [3.8, 4) is 0 Å². The van der Waals surface area contributed by atoms with Crippen molar-refractivity contribution in [3.63, 3.8) is 0 Å². The van der Waals surface area contributed by atoms with Gasteiger partial charge in [-0.2, -0.15) is 0 Å². The molecule has 0 spiro atoms. The highest BCUT2D eigenvalue weighted by molar-refractivity contribution is 9.11. The molecule has 18 heavy (non-hydrogen) atoms. The van der Waals surface area contributed by atoms with E-state index < -0.39 is 0 Å². The molecule has 0 unspecified atom stereocenters. The Labute approximate surface area is 125 Å². The van der Waals surface area contributed by atoms with Gasteiger partial charge in [0, 0.05) is 27.1 Å². The molecule has 4 heteroatoms. The second-order valence-corrected chi connectivity index (χ2v) is 7.07. The van der Waals surface area contributed by atoms with E-state index in [0.717, 1.165) is 33.9 Å². The molecule has 1 saturated carbocycles. The van der Waals surface area contributed by atoms with Crippen LogP contribution in [0, 0.1) is 5.92 Å². The Bertz CT molecular complexity index is 435. The van der Waals surface area contributed by atoms with Gasteiger partial charge in [-0.25, -0.2) is 0 Å². The average molecular weight is 375 g/mol. The number of amides is 1. The van der Waals surface area contributed by atoms with Gasteiger partial charge in [-0.3, -0.25) is 4.79 Å². The Hall–Kier alpha value is -0.350. The van der Waals surface area contributed by atoms with Crippen LogP contribution in [0.5, 0.6) is 0 Å². The zero-order valence-corrected chi connectivity index (χ0v) is 13.8. The van der Waals surface area contributed by atoms with Crippen LogP contribution in [-0.4, -0.2) is 23.4 Å². The van der Waals surface area contributed by atoms with Crippen molar-refractivity contribution in [2.75, 3.05) is 6.54 Å². The van der Waals surface area contributed by atoms with Crippen LogP contribution in [0.15, 0.2) is 27.1 Å². The summed E-state index contributed by atoms with van der Waals surface area (Å²) in [6.45, 7) is 5.15. The minimum Gasteiger partial charge on any atom is -0.335 e. The lowest BCUT2D eigenvalue weighted by molar-refractivity contribution is 0.0722. The van der Waals surface area contributed by atoms with Gasteiger partial charge in [0.1, 0.15) is 0 Å². The lowest BCUT2D eigenvalue weighted by Gasteiger charge is -2.24. The molecule has 1 aromatic rings. The lowest BCUT2D eigenvalue weighted by atomic mass is 10.1. The summed E-state index contributed by atoms with van der Waals surface area (Å²) in [5.74, 6) is 0.651. The summed E-state index contributed by atoms with van der Waals surface area (Å²) in [5.41, 5.74) is 0.754. The second-order valence-electron chi connectivity index (χ2n) is 5.24. The molecule has 1 fully saturated rings. The standard InChI is InChI=1S/C14H17Br2NO/c1-9(2)8-17(13-3-4-13)14(18)10-5-11(15)7-12(16)6-10/h5-7,9,13H,3-4,8H2,1-2H3. The van der Waals surface area contributed by atoms with Crippen molar-refractivity contribution in [2.45, 2.75) is 32.7 Å². The topological polar surface area (TPSA) is 20.3 Å². The maximum absolute atomic E-state index is 12.6. The molecule has 0 heterocycles. The number of carbonyl (C=O) groups is 1. The van der Waals surface area contributed by atoms with E-state index in [0.29, 0.717) is 12.0 Å². The first-order chi connectivity index (χ1) is 8.47. The van der Waals surface area contributed by atoms with Crippen LogP contribution >= 0.6 is 31.9 Å². The van der Waals surface area contributed by atoms with E-state index in [1.807, 2.05) is 23.1 Å². The highest BCUT2D eigenvalue weighted by Crippen LogP contribution is 2.30. The fourth-order valence-electron chi connectivity index (χ4n) is 2.02. The molecule has 1 amide bonds. The zero-order valence-electron chi connectivity index (χ0n) is 10.6. The summed E-state index contributed by atoms with van der Waals surface area (Å²) in [4.78, 5) is 14.6. The fourth-order valence-corrected chi connectivity index (χ4v) is 3.31. The van der Waals surface area contributed by atoms with Crippen molar-refractivity contribution in [3.05, 3.63) is 32.7 Å². The first-order valence-corrected chi connectivity index (χ1v) is 7.83. The van der Waals surface area contributed by atoms with Crippen molar-refractivity contribution in [1.82, 2.24) is 4.90 Å². The van der Waals surface area contributed by atoms with Gasteiger partial charge in [-0.15, -0.1) is 0 Å². The maximum Gasteiger partial charge on any atom is 0.254 e. The van der Waals surface area contributed by atoms with Crippen LogP contribution in [0.3, 0.4) is 0 Å². The van der Waals surface area contributed by atoms with Crippen molar-refractivity contribution in [1.29, 1.82) is 0 Å². The molecule has 0 saturated heterocycles. The number of nitrogens with zero attached hydrogens (tertiary/aromatic N) is 1. The Balaban J connectivity index is 2.21. The highest BCUT2D eigenvalue weighted by atomic mass is 79.9. The molecule has 2 nitrogen and oxygen atoms in total. The van der Waals surface area contributed by atoms with E-state index in [2.05, 4.69) is 45.7 Å². The van der Waals surface area contributed by atoms with Gasteiger partial charge in [0.2, 0.25) is 0 Å². The number of carbonyl (C=O) groups excluding carboxylic acids is 1. The molecule has 98 valence electrons. The summed E-state index contributed by atoms with van der Waals surface area (Å²) >= 11 is 6.87. The number of benzene rings is 1. The zero-order chi connectivity index (χ0) is 13.3. The smallest absolute Gasteiger partial charge is 0.254 e. The van der Waals surface area contributed by atoms with Gasteiger partial charge in [0.25, 0.3) is 5.91 Å². The van der Waals surface area contributed by atoms with E-state index in [-0.39, 0.29) is 5.91 Å². The van der Waals surface area contributed by atoms with Gasteiger partial charge in [0.15, 0.2) is 0 Å². The Kier molecular flexibility index (Phi) is 4.49. The minimum atomic E-state index is 0.146. The van der Waals surface area contributed by atoms with Crippen LogP contribution in [0.1, 0.15) is 37.0 Å². The van der Waals surface area contributed by atoms with E-state index >= 15 is 0 Å². The molecule has 1 aliphatic carbocycles. The van der Waals surface area contributed by atoms with Gasteiger partial charge in [-0.05, 0) is 37.0 Å². The number of hydrogen-bond donors (Lipinski definition) is 0. The predicted molar refractivity (Wildman–Crippen MR) is 80.7 cm³/mol. The van der Waals surface area contributed by atoms with Crippen LogP contribution in [0.25, 0.3) is 0 Å². The molecular formula is C14H17Br2NO. The molecule has 1 aliphatic rings. The Morgan fingerprint density at radius 1 is 1.28 bits per heavy atom. The molecule has 0 aliphatic heterocycles. The molecule has 2 rings (SSSR count). The van der Waals surface area contributed by atoms with E-state index in [4.69, 9.17) is 0 Å². The van der Waals surface area contributed by atoms with E-state index in [9.17, 15) is 4.79 Å². The molecule has 0 aromatic heterocycles. The van der Waals surface area contributed by atoms with Gasteiger partial charge in [-0.1, -0.05) is 45.7 Å². The number of halogens is 2. The molecule has 0 radical (unpaired) electrons. The summed E-state index contributed by atoms with van der Waals surface area (Å²) in [5, 5.41) is 0. The normalized spacial score (nSPS) is 14.9. The quantitative estimate of drug-likeness (QED) is 0.761. The summed E-state index contributed by atoms with van der Waals surface area (Å²) in [7, 11) is 0. The molecular weight excluding hydrogens is 358 g/mol. The minimum absolute atomic E-state index is 0.146. The number of rotatable bonds is 4. The molecule has 0 bridgehead atoms. The molecule has 1 aromatic carbocycles. The van der Waals surface area contributed by atoms with Crippen LogP contribution in [0.4, 0.5) is 0 Å². The van der Waals surface area contributed by atoms with Crippen molar-refractivity contribution in [2.24, 2.45) is 5.92 Å². The third-order valence-electron chi connectivity index (χ3n) is 2.92. The van der Waals surface area contributed by atoms with Crippen molar-refractivity contribution >= 4 is 37.8 Å². The molecule has 0 atom stereocenters. The lowest BCUT2D eigenvalue weighted by Crippen LogP contribution is -2.36. The van der Waals surface area contributed by atoms with Gasteiger partial charge < -0.3 is 4.90 Å². The van der Waals surface area contributed by atoms with E-state index in [1.54, 1.807) is 0 Å². The average Bonchev–Trinajstić information content (AvgIpc) is 3.07. The Morgan fingerprint density at radius 3 is 2.28 bits per heavy atom. The van der Waals surface area contributed by atoms with Crippen molar-refractivity contribution < 1.29 is 4.79 Å². The third-order valence-corrected chi connectivity index (χ3v) is 3.84. The Morgan fingerprint density at radius 2 is 1.83 bits per heavy atom. The van der Waals surface area contributed by atoms with Crippen LogP contribution in [-0.2, 0) is 0 Å². The predicted octanol–water partition coefficient (Wildman–Crippen LogP) is 4.47. The number of hydrogen-bond acceptors (Lipinski definition) is 1. The second kappa shape index (κ2) is 5.74. The molecule has 0 N–H and O–H groups in total. The fraction of sp³-hybridized carbons (Fsp3) is 0.500. The first-order valence-electron chi connectivity index (χ1n) is 6.24. The maximum atomic E-state index is 12.6. The summed E-state index contributed by atoms with van der Waals surface area (Å²) in [6.07, 6.45) is 2.29. The highest BCUT2D eigenvalue weighted by Gasteiger charge is 2.33. The van der Waals surface area contributed by atoms with Gasteiger partial charge >= 0.3 is 0 Å². The summed E-state index contributed by atoms with van der Waals surface area (Å²) in [6, 6.07) is 6.18. The van der Waals surface area contributed by atoms with Crippen LogP contribution < -0.4 is 0 Å².